The van der Waals surface area contributed by atoms with Crippen LogP contribution in [0.15, 0.2) is 11.8 Å². The molecule has 0 aromatic carbocycles. The van der Waals surface area contributed by atoms with Gasteiger partial charge < -0.3 is 5.11 Å². The van der Waals surface area contributed by atoms with E-state index < -0.39 is 12.0 Å². The normalized spacial score (nSPS) is 26.5. The third-order valence-corrected chi connectivity index (χ3v) is 2.03. The SMILES string of the molecule is O=C(O)C1=CC(=O)[C@@H]2CC(=O)N12. The molecule has 1 amide bonds. The maximum absolute atomic E-state index is 11.0. The number of amides is 1. The molecule has 2 aliphatic heterocycles. The van der Waals surface area contributed by atoms with Crippen LogP contribution in [0.1, 0.15) is 6.42 Å². The Balaban J connectivity index is 2.35. The van der Waals surface area contributed by atoms with E-state index in [9.17, 15) is 14.4 Å². The summed E-state index contributed by atoms with van der Waals surface area (Å²) in [5.41, 5.74) is -0.193. The summed E-state index contributed by atoms with van der Waals surface area (Å²) in [5.74, 6) is -1.80. The Kier molecular flexibility index (Phi) is 1.13. The van der Waals surface area contributed by atoms with Gasteiger partial charge in [-0.05, 0) is 0 Å². The molecule has 62 valence electrons. The minimum Gasteiger partial charge on any atom is -0.477 e. The summed E-state index contributed by atoms with van der Waals surface area (Å²) in [7, 11) is 0. The standard InChI is InChI=1S/C7H5NO4/c9-5-1-4(7(11)12)8-3(5)2-6(8)10/h1,3H,2H2,(H,11,12)/t3-/m0/s1. The van der Waals surface area contributed by atoms with Gasteiger partial charge in [-0.2, -0.15) is 0 Å². The Morgan fingerprint density at radius 3 is 2.67 bits per heavy atom. The zero-order chi connectivity index (χ0) is 8.88. The molecule has 0 unspecified atom stereocenters. The molecule has 5 nitrogen and oxygen atoms in total. The first kappa shape index (κ1) is 7.02. The molecule has 1 atom stereocenters. The fourth-order valence-electron chi connectivity index (χ4n) is 1.41. The van der Waals surface area contributed by atoms with Gasteiger partial charge in [-0.15, -0.1) is 0 Å². The molecule has 5 heteroatoms. The first-order chi connectivity index (χ1) is 5.61. The first-order valence-corrected chi connectivity index (χ1v) is 3.42. The Morgan fingerprint density at radius 2 is 2.25 bits per heavy atom. The summed E-state index contributed by atoms with van der Waals surface area (Å²) in [5, 5.41) is 8.56. The largest absolute Gasteiger partial charge is 0.477 e. The number of aliphatic carboxylic acids is 1. The van der Waals surface area contributed by atoms with Crippen molar-refractivity contribution in [2.45, 2.75) is 12.5 Å². The van der Waals surface area contributed by atoms with Crippen molar-refractivity contribution in [2.75, 3.05) is 0 Å². The summed E-state index contributed by atoms with van der Waals surface area (Å²) >= 11 is 0. The second-order valence-corrected chi connectivity index (χ2v) is 2.72. The third-order valence-electron chi connectivity index (χ3n) is 2.03. The highest BCUT2D eigenvalue weighted by Crippen LogP contribution is 2.31. The van der Waals surface area contributed by atoms with Crippen molar-refractivity contribution in [3.05, 3.63) is 11.8 Å². The topological polar surface area (TPSA) is 74.7 Å². The fraction of sp³-hybridized carbons (Fsp3) is 0.286. The molecular formula is C7H5NO4. The van der Waals surface area contributed by atoms with Crippen LogP contribution in [0, 0.1) is 0 Å². The number of carbonyl (C=O) groups excluding carboxylic acids is 2. The van der Waals surface area contributed by atoms with Gasteiger partial charge in [0.15, 0.2) is 5.78 Å². The number of carboxylic acids is 1. The minimum absolute atomic E-state index is 0.145. The lowest BCUT2D eigenvalue weighted by atomic mass is 10.0. The van der Waals surface area contributed by atoms with Crippen molar-refractivity contribution in [1.82, 2.24) is 4.90 Å². The van der Waals surface area contributed by atoms with E-state index in [4.69, 9.17) is 5.11 Å². The van der Waals surface area contributed by atoms with Gasteiger partial charge in [0.05, 0.1) is 6.42 Å². The molecule has 0 aromatic rings. The summed E-state index contributed by atoms with van der Waals surface area (Å²) in [6, 6.07) is -0.524. The maximum Gasteiger partial charge on any atom is 0.352 e. The molecular weight excluding hydrogens is 162 g/mol. The molecule has 2 rings (SSSR count). The number of β-lactam (4-membered cyclic amide) rings is 1. The number of rotatable bonds is 1. The van der Waals surface area contributed by atoms with E-state index >= 15 is 0 Å². The Bertz CT molecular complexity index is 330. The summed E-state index contributed by atoms with van der Waals surface area (Å²) in [6.45, 7) is 0. The Morgan fingerprint density at radius 1 is 1.58 bits per heavy atom. The van der Waals surface area contributed by atoms with Crippen LogP contribution in [0.25, 0.3) is 0 Å². The predicted octanol–water partition coefficient (Wildman–Crippen LogP) is -0.862. The van der Waals surface area contributed by atoms with Crippen LogP contribution in [0.4, 0.5) is 0 Å². The molecule has 0 bridgehead atoms. The Labute approximate surface area is 67.3 Å². The number of nitrogens with zero attached hydrogens (tertiary/aromatic N) is 1. The molecule has 0 aromatic heterocycles. The molecule has 1 fully saturated rings. The molecule has 2 aliphatic rings. The lowest BCUT2D eigenvalue weighted by Crippen LogP contribution is -2.52. The smallest absolute Gasteiger partial charge is 0.352 e. The third kappa shape index (κ3) is 0.650. The number of carbonyl (C=O) groups is 3. The average Bonchev–Trinajstić information content (AvgIpc) is 2.22. The molecule has 0 aliphatic carbocycles. The van der Waals surface area contributed by atoms with Crippen LogP contribution in [-0.2, 0) is 14.4 Å². The summed E-state index contributed by atoms with van der Waals surface area (Å²) in [4.78, 5) is 33.3. The Hall–Kier alpha value is -1.65. The zero-order valence-corrected chi connectivity index (χ0v) is 5.98. The van der Waals surface area contributed by atoms with Crippen molar-refractivity contribution >= 4 is 17.7 Å². The van der Waals surface area contributed by atoms with Crippen LogP contribution >= 0.6 is 0 Å². The highest BCUT2D eigenvalue weighted by molar-refractivity contribution is 6.14. The van der Waals surface area contributed by atoms with Crippen LogP contribution < -0.4 is 0 Å². The summed E-state index contributed by atoms with van der Waals surface area (Å²) in [6.07, 6.45) is 1.16. The molecule has 1 saturated heterocycles. The van der Waals surface area contributed by atoms with E-state index in [2.05, 4.69) is 0 Å². The molecule has 0 saturated carbocycles. The van der Waals surface area contributed by atoms with E-state index in [0.717, 1.165) is 11.0 Å². The lowest BCUT2D eigenvalue weighted by Gasteiger charge is -2.33. The minimum atomic E-state index is -1.22. The number of hydrogen-bond donors (Lipinski definition) is 1. The van der Waals surface area contributed by atoms with Gasteiger partial charge in [0, 0.05) is 6.08 Å². The summed E-state index contributed by atoms with van der Waals surface area (Å²) < 4.78 is 0. The molecule has 2 heterocycles. The van der Waals surface area contributed by atoms with E-state index in [0.29, 0.717) is 0 Å². The van der Waals surface area contributed by atoms with Crippen molar-refractivity contribution in [2.24, 2.45) is 0 Å². The van der Waals surface area contributed by atoms with Crippen molar-refractivity contribution in [3.63, 3.8) is 0 Å². The van der Waals surface area contributed by atoms with Gasteiger partial charge in [-0.25, -0.2) is 4.79 Å². The second kappa shape index (κ2) is 1.94. The van der Waals surface area contributed by atoms with Gasteiger partial charge >= 0.3 is 5.97 Å². The molecule has 12 heavy (non-hydrogen) atoms. The lowest BCUT2D eigenvalue weighted by molar-refractivity contribution is -0.150. The predicted molar refractivity (Wildman–Crippen MR) is 36.0 cm³/mol. The van der Waals surface area contributed by atoms with Crippen molar-refractivity contribution < 1.29 is 19.5 Å². The van der Waals surface area contributed by atoms with Gasteiger partial charge in [-0.1, -0.05) is 0 Å². The molecule has 0 spiro atoms. The van der Waals surface area contributed by atoms with Gasteiger partial charge in [0.1, 0.15) is 11.7 Å². The number of fused-ring (bicyclic) bond motifs is 1. The van der Waals surface area contributed by atoms with Crippen molar-refractivity contribution in [3.8, 4) is 0 Å². The highest BCUT2D eigenvalue weighted by Gasteiger charge is 2.48. The number of ketones is 1. The maximum atomic E-state index is 11.0. The van der Waals surface area contributed by atoms with Crippen LogP contribution in [0.3, 0.4) is 0 Å². The number of hydrogen-bond acceptors (Lipinski definition) is 3. The first-order valence-electron chi connectivity index (χ1n) is 3.42. The van der Waals surface area contributed by atoms with Crippen molar-refractivity contribution in [1.29, 1.82) is 0 Å². The van der Waals surface area contributed by atoms with Gasteiger partial charge in [0.2, 0.25) is 5.91 Å². The van der Waals surface area contributed by atoms with E-state index in [-0.39, 0.29) is 23.8 Å². The quantitative estimate of drug-likeness (QED) is 0.515. The second-order valence-electron chi connectivity index (χ2n) is 2.72. The van der Waals surface area contributed by atoms with Crippen LogP contribution in [0.2, 0.25) is 0 Å². The zero-order valence-electron chi connectivity index (χ0n) is 5.98. The van der Waals surface area contributed by atoms with Crippen LogP contribution in [-0.4, -0.2) is 33.7 Å². The monoisotopic (exact) mass is 167 g/mol. The van der Waals surface area contributed by atoms with Gasteiger partial charge in [0.25, 0.3) is 0 Å². The molecule has 0 radical (unpaired) electrons. The van der Waals surface area contributed by atoms with Crippen LogP contribution in [0.5, 0.6) is 0 Å². The molecule has 1 N–H and O–H groups in total. The van der Waals surface area contributed by atoms with E-state index in [1.54, 1.807) is 0 Å². The number of carboxylic acid groups (broad SMARTS) is 1. The fourth-order valence-corrected chi connectivity index (χ4v) is 1.41. The van der Waals surface area contributed by atoms with E-state index in [1.807, 2.05) is 0 Å². The van der Waals surface area contributed by atoms with Gasteiger partial charge in [-0.3, -0.25) is 14.5 Å². The highest BCUT2D eigenvalue weighted by atomic mass is 16.4. The average molecular weight is 167 g/mol. The van der Waals surface area contributed by atoms with E-state index in [1.165, 1.54) is 0 Å².